The predicted octanol–water partition coefficient (Wildman–Crippen LogP) is 4.96. The number of amides is 1. The number of nitrogens with zero attached hydrogens (tertiary/aromatic N) is 4. The summed E-state index contributed by atoms with van der Waals surface area (Å²) in [7, 11) is 0. The van der Waals surface area contributed by atoms with Crippen LogP contribution in [0.4, 0.5) is 5.69 Å². The summed E-state index contributed by atoms with van der Waals surface area (Å²) >= 11 is 5.94. The van der Waals surface area contributed by atoms with E-state index in [9.17, 15) is 4.79 Å². The number of anilines is 1. The number of benzene rings is 2. The summed E-state index contributed by atoms with van der Waals surface area (Å²) in [5.41, 5.74) is 3.24. The van der Waals surface area contributed by atoms with Gasteiger partial charge in [0, 0.05) is 35.9 Å². The number of halogens is 1. The quantitative estimate of drug-likeness (QED) is 0.544. The molecule has 1 amide bonds. The molecule has 7 heteroatoms. The van der Waals surface area contributed by atoms with Crippen molar-refractivity contribution in [3.8, 4) is 11.4 Å². The second-order valence-corrected chi connectivity index (χ2v) is 8.43. The molecule has 162 valence electrons. The van der Waals surface area contributed by atoms with E-state index in [1.54, 1.807) is 12.1 Å². The lowest BCUT2D eigenvalue weighted by Crippen LogP contribution is -2.44. The number of aryl methyl sites for hydroxylation is 1. The summed E-state index contributed by atoms with van der Waals surface area (Å²) in [5.74, 6) is 1.05. The zero-order chi connectivity index (χ0) is 21.8. The fourth-order valence-electron chi connectivity index (χ4n) is 3.97. The first-order valence-corrected chi connectivity index (χ1v) is 11.1. The molecule has 2 aromatic carbocycles. The van der Waals surface area contributed by atoms with E-state index in [2.05, 4.69) is 46.2 Å². The van der Waals surface area contributed by atoms with Crippen molar-refractivity contribution in [2.45, 2.75) is 33.2 Å². The highest BCUT2D eigenvalue weighted by molar-refractivity contribution is 6.30. The fourth-order valence-corrected chi connectivity index (χ4v) is 4.10. The molecule has 0 saturated carbocycles. The summed E-state index contributed by atoms with van der Waals surface area (Å²) in [6.07, 6.45) is 1.90. The van der Waals surface area contributed by atoms with E-state index >= 15 is 0 Å². The van der Waals surface area contributed by atoms with Crippen LogP contribution in [0.15, 0.2) is 53.1 Å². The maximum Gasteiger partial charge on any atom is 0.246 e. The van der Waals surface area contributed by atoms with Crippen molar-refractivity contribution in [1.82, 2.24) is 15.0 Å². The van der Waals surface area contributed by atoms with Gasteiger partial charge in [-0.15, -0.1) is 0 Å². The normalized spacial score (nSPS) is 16.4. The van der Waals surface area contributed by atoms with E-state index in [1.165, 1.54) is 11.3 Å². The van der Waals surface area contributed by atoms with Crippen LogP contribution in [0, 0.1) is 12.8 Å². The van der Waals surface area contributed by atoms with Crippen LogP contribution in [-0.2, 0) is 11.3 Å². The lowest BCUT2D eigenvalue weighted by Gasteiger charge is -2.35. The van der Waals surface area contributed by atoms with E-state index in [1.807, 2.05) is 24.0 Å². The third kappa shape index (κ3) is 5.07. The van der Waals surface area contributed by atoms with Crippen LogP contribution in [0.25, 0.3) is 11.4 Å². The van der Waals surface area contributed by atoms with Gasteiger partial charge in [-0.2, -0.15) is 4.98 Å². The van der Waals surface area contributed by atoms with Crippen LogP contribution in [0.1, 0.15) is 31.2 Å². The largest absolute Gasteiger partial charge is 0.371 e. The van der Waals surface area contributed by atoms with Gasteiger partial charge in [0.2, 0.25) is 17.6 Å². The molecular formula is C24H27ClN4O2. The predicted molar refractivity (Wildman–Crippen MR) is 122 cm³/mol. The summed E-state index contributed by atoms with van der Waals surface area (Å²) in [6, 6.07) is 15.8. The molecule has 31 heavy (non-hydrogen) atoms. The molecule has 1 aliphatic rings. The van der Waals surface area contributed by atoms with Gasteiger partial charge in [-0.05, 0) is 63.1 Å². The molecule has 0 radical (unpaired) electrons. The van der Waals surface area contributed by atoms with Crippen LogP contribution in [0.3, 0.4) is 0 Å². The van der Waals surface area contributed by atoms with Crippen molar-refractivity contribution >= 4 is 23.2 Å². The van der Waals surface area contributed by atoms with E-state index in [0.29, 0.717) is 29.8 Å². The van der Waals surface area contributed by atoms with Crippen LogP contribution >= 0.6 is 11.6 Å². The monoisotopic (exact) mass is 438 g/mol. The summed E-state index contributed by atoms with van der Waals surface area (Å²) in [4.78, 5) is 21.9. The van der Waals surface area contributed by atoms with E-state index in [4.69, 9.17) is 16.1 Å². The topological polar surface area (TPSA) is 62.5 Å². The Morgan fingerprint density at radius 3 is 2.65 bits per heavy atom. The van der Waals surface area contributed by atoms with E-state index in [0.717, 1.165) is 31.5 Å². The third-order valence-electron chi connectivity index (χ3n) is 5.76. The minimum Gasteiger partial charge on any atom is -0.371 e. The molecule has 0 spiro atoms. The van der Waals surface area contributed by atoms with Gasteiger partial charge in [-0.3, -0.25) is 4.79 Å². The van der Waals surface area contributed by atoms with Gasteiger partial charge >= 0.3 is 0 Å². The molecule has 1 atom stereocenters. The first kappa shape index (κ1) is 21.4. The number of hydrogen-bond acceptors (Lipinski definition) is 5. The Morgan fingerprint density at radius 1 is 1.19 bits per heavy atom. The maximum atomic E-state index is 13.3. The van der Waals surface area contributed by atoms with Gasteiger partial charge in [-0.25, -0.2) is 0 Å². The smallest absolute Gasteiger partial charge is 0.246 e. The highest BCUT2D eigenvalue weighted by Crippen LogP contribution is 2.25. The molecular weight excluding hydrogens is 412 g/mol. The van der Waals surface area contributed by atoms with E-state index < -0.39 is 0 Å². The average molecular weight is 439 g/mol. The zero-order valence-corrected chi connectivity index (χ0v) is 18.7. The van der Waals surface area contributed by atoms with Crippen molar-refractivity contribution in [3.63, 3.8) is 0 Å². The second kappa shape index (κ2) is 9.52. The van der Waals surface area contributed by atoms with Crippen molar-refractivity contribution in [2.24, 2.45) is 5.92 Å². The Hall–Kier alpha value is -2.86. The Labute approximate surface area is 187 Å². The van der Waals surface area contributed by atoms with Crippen LogP contribution in [0.2, 0.25) is 5.02 Å². The first-order chi connectivity index (χ1) is 15.0. The Kier molecular flexibility index (Phi) is 6.56. The molecule has 4 rings (SSSR count). The fraction of sp³-hybridized carbons (Fsp3) is 0.375. The summed E-state index contributed by atoms with van der Waals surface area (Å²) < 4.78 is 5.42. The highest BCUT2D eigenvalue weighted by Gasteiger charge is 2.30. The SMILES string of the molecule is CCN(Cc1nc(-c2ccc(Cl)cc2)no1)C(=O)C1CCCN(c2ccc(C)cc2)C1. The van der Waals surface area contributed by atoms with Crippen LogP contribution in [-0.4, -0.2) is 40.6 Å². The minimum atomic E-state index is -0.0336. The van der Waals surface area contributed by atoms with Crippen molar-refractivity contribution in [3.05, 3.63) is 65.0 Å². The Morgan fingerprint density at radius 2 is 1.94 bits per heavy atom. The second-order valence-electron chi connectivity index (χ2n) is 7.99. The van der Waals surface area contributed by atoms with Gasteiger partial charge in [-0.1, -0.05) is 34.5 Å². The van der Waals surface area contributed by atoms with Gasteiger partial charge in [0.05, 0.1) is 12.5 Å². The van der Waals surface area contributed by atoms with Gasteiger partial charge in [0.15, 0.2) is 0 Å². The number of rotatable bonds is 6. The molecule has 1 aliphatic heterocycles. The molecule has 0 N–H and O–H groups in total. The Balaban J connectivity index is 1.42. The third-order valence-corrected chi connectivity index (χ3v) is 6.01. The van der Waals surface area contributed by atoms with Crippen LogP contribution in [0.5, 0.6) is 0 Å². The van der Waals surface area contributed by atoms with Crippen LogP contribution < -0.4 is 4.90 Å². The average Bonchev–Trinajstić information content (AvgIpc) is 3.27. The van der Waals surface area contributed by atoms with Gasteiger partial charge in [0.25, 0.3) is 0 Å². The molecule has 1 saturated heterocycles. The van der Waals surface area contributed by atoms with Crippen molar-refractivity contribution < 1.29 is 9.32 Å². The van der Waals surface area contributed by atoms with E-state index in [-0.39, 0.29) is 11.8 Å². The first-order valence-electron chi connectivity index (χ1n) is 10.7. The molecule has 3 aromatic rings. The van der Waals surface area contributed by atoms with Crippen molar-refractivity contribution in [2.75, 3.05) is 24.5 Å². The highest BCUT2D eigenvalue weighted by atomic mass is 35.5. The number of aromatic nitrogens is 2. The molecule has 0 aliphatic carbocycles. The number of piperidine rings is 1. The molecule has 2 heterocycles. The molecule has 1 aromatic heterocycles. The number of carbonyl (C=O) groups excluding carboxylic acids is 1. The van der Waals surface area contributed by atoms with Gasteiger partial charge in [0.1, 0.15) is 0 Å². The van der Waals surface area contributed by atoms with Crippen molar-refractivity contribution in [1.29, 1.82) is 0 Å². The zero-order valence-electron chi connectivity index (χ0n) is 17.9. The maximum absolute atomic E-state index is 13.3. The summed E-state index contributed by atoms with van der Waals surface area (Å²) in [5, 5.41) is 4.71. The minimum absolute atomic E-state index is 0.0336. The Bertz CT molecular complexity index is 1020. The van der Waals surface area contributed by atoms with Gasteiger partial charge < -0.3 is 14.3 Å². The lowest BCUT2D eigenvalue weighted by molar-refractivity contribution is -0.136. The number of carbonyl (C=O) groups is 1. The summed E-state index contributed by atoms with van der Waals surface area (Å²) in [6.45, 7) is 6.69. The molecule has 0 bridgehead atoms. The molecule has 1 unspecified atom stereocenters. The molecule has 6 nitrogen and oxygen atoms in total. The number of hydrogen-bond donors (Lipinski definition) is 0. The lowest BCUT2D eigenvalue weighted by atomic mass is 9.95. The standard InChI is InChI=1S/C24H27ClN4O2/c1-3-28(16-22-26-23(27-31-22)18-8-10-20(25)11-9-18)24(30)19-5-4-14-29(15-19)21-12-6-17(2)7-13-21/h6-13,19H,3-5,14-16H2,1-2H3. The molecule has 1 fully saturated rings.